The van der Waals surface area contributed by atoms with E-state index < -0.39 is 11.9 Å². The van der Waals surface area contributed by atoms with Gasteiger partial charge in [0.2, 0.25) is 0 Å². The summed E-state index contributed by atoms with van der Waals surface area (Å²) in [6.07, 6.45) is 0. The van der Waals surface area contributed by atoms with Crippen molar-refractivity contribution in [3.8, 4) is 0 Å². The third-order valence-corrected chi connectivity index (χ3v) is 0.183. The zero-order valence-electron chi connectivity index (χ0n) is 2.71. The van der Waals surface area contributed by atoms with Crippen molar-refractivity contribution in [3.63, 3.8) is 0 Å². The third kappa shape index (κ3) is 10.4. The van der Waals surface area contributed by atoms with E-state index in [4.69, 9.17) is 19.8 Å². The topological polar surface area (TPSA) is 74.6 Å². The van der Waals surface area contributed by atoms with E-state index in [-0.39, 0.29) is 75.5 Å². The molecular weight excluding hydrogens is 168 g/mol. The monoisotopic (exact) mass is 174 g/mol. The second-order valence-electron chi connectivity index (χ2n) is 0.610. The maximum absolute atomic E-state index is 9.10. The van der Waals surface area contributed by atoms with E-state index in [2.05, 4.69) is 0 Å². The molecule has 0 bridgehead atoms. The molecule has 0 heterocycles. The fraction of sp³-hybridized carbons (Fsp3) is 0. The summed E-state index contributed by atoms with van der Waals surface area (Å²) in [5, 5.41) is 14.8. The Kier molecular flexibility index (Phi) is 17.2. The van der Waals surface area contributed by atoms with Gasteiger partial charge >= 0.3 is 87.4 Å². The molecule has 0 saturated carbocycles. The van der Waals surface area contributed by atoms with E-state index in [1.54, 1.807) is 0 Å². The number of aliphatic carboxylic acids is 2. The normalized spacial score (nSPS) is 5.50. The van der Waals surface area contributed by atoms with Gasteiger partial charge in [0, 0.05) is 0 Å². The molecule has 0 saturated heterocycles. The first-order chi connectivity index (χ1) is 2.64. The molecular formula is C2H6Ca2O4. The number of carboxylic acids is 2. The molecule has 0 unspecified atom stereocenters. The molecule has 0 spiro atoms. The van der Waals surface area contributed by atoms with Crippen molar-refractivity contribution >= 4 is 87.4 Å². The molecule has 0 radical (unpaired) electrons. The van der Waals surface area contributed by atoms with E-state index >= 15 is 0 Å². The van der Waals surface area contributed by atoms with E-state index in [9.17, 15) is 0 Å². The van der Waals surface area contributed by atoms with E-state index in [1.807, 2.05) is 0 Å². The molecule has 0 aromatic rings. The zero-order chi connectivity index (χ0) is 5.15. The van der Waals surface area contributed by atoms with Crippen LogP contribution in [0.25, 0.3) is 0 Å². The fourth-order valence-electron chi connectivity index (χ4n) is 0. The van der Waals surface area contributed by atoms with Gasteiger partial charge in [-0.15, -0.1) is 0 Å². The van der Waals surface area contributed by atoms with Crippen LogP contribution in [0.1, 0.15) is 0 Å². The summed E-state index contributed by atoms with van der Waals surface area (Å²) in [6.45, 7) is 0. The number of carbonyl (C=O) groups is 2. The Hall–Kier alpha value is 1.46. The maximum atomic E-state index is 9.10. The van der Waals surface area contributed by atoms with Gasteiger partial charge in [-0.25, -0.2) is 9.59 Å². The van der Waals surface area contributed by atoms with Crippen LogP contribution in [0.2, 0.25) is 0 Å². The van der Waals surface area contributed by atoms with Gasteiger partial charge in [-0.2, -0.15) is 0 Å². The Morgan fingerprint density at radius 1 is 0.875 bits per heavy atom. The molecule has 0 fully saturated rings. The molecule has 0 aromatic heterocycles. The van der Waals surface area contributed by atoms with Crippen molar-refractivity contribution in [2.24, 2.45) is 0 Å². The molecule has 0 aliphatic rings. The van der Waals surface area contributed by atoms with E-state index in [0.717, 1.165) is 0 Å². The van der Waals surface area contributed by atoms with Crippen LogP contribution in [0.15, 0.2) is 0 Å². The number of hydrogen-bond acceptors (Lipinski definition) is 2. The number of carboxylic acid groups (broad SMARTS) is 2. The van der Waals surface area contributed by atoms with Crippen molar-refractivity contribution in [1.82, 2.24) is 0 Å². The second kappa shape index (κ2) is 8.46. The molecule has 0 aromatic carbocycles. The van der Waals surface area contributed by atoms with Crippen molar-refractivity contribution in [2.75, 3.05) is 0 Å². The predicted molar refractivity (Wildman–Crippen MR) is 32.4 cm³/mol. The summed E-state index contributed by atoms with van der Waals surface area (Å²) in [4.78, 5) is 18.2. The third-order valence-electron chi connectivity index (χ3n) is 0.183. The van der Waals surface area contributed by atoms with E-state index in [1.165, 1.54) is 0 Å². The van der Waals surface area contributed by atoms with Gasteiger partial charge in [-0.3, -0.25) is 0 Å². The summed E-state index contributed by atoms with van der Waals surface area (Å²) >= 11 is 0. The summed E-state index contributed by atoms with van der Waals surface area (Å²) < 4.78 is 0. The molecule has 0 atom stereocenters. The van der Waals surface area contributed by atoms with Crippen molar-refractivity contribution in [2.45, 2.75) is 0 Å². The standard InChI is InChI=1S/C2H2O4.2Ca.4H/c3-1(4)2(5)6;;;;;;/h(H,3,4)(H,5,6);;;;;;. The number of hydrogen-bond donors (Lipinski definition) is 2. The van der Waals surface area contributed by atoms with Crippen LogP contribution in [0, 0.1) is 0 Å². The molecule has 0 rings (SSSR count). The Balaban J connectivity index is -0.000000125. The zero-order valence-corrected chi connectivity index (χ0v) is 2.71. The van der Waals surface area contributed by atoms with Crippen LogP contribution in [-0.2, 0) is 9.59 Å². The average molecular weight is 174 g/mol. The van der Waals surface area contributed by atoms with Crippen LogP contribution in [0.5, 0.6) is 0 Å². The molecule has 0 aliphatic heterocycles. The van der Waals surface area contributed by atoms with Crippen molar-refractivity contribution in [1.29, 1.82) is 0 Å². The van der Waals surface area contributed by atoms with Crippen LogP contribution in [0.3, 0.4) is 0 Å². The molecule has 6 heteroatoms. The Labute approximate surface area is 105 Å². The van der Waals surface area contributed by atoms with Gasteiger partial charge in [-0.1, -0.05) is 0 Å². The first-order valence-corrected chi connectivity index (χ1v) is 1.11. The first kappa shape index (κ1) is 16.2. The summed E-state index contributed by atoms with van der Waals surface area (Å²) in [6, 6.07) is 0. The molecule has 42 valence electrons. The quantitative estimate of drug-likeness (QED) is 0.310. The van der Waals surface area contributed by atoms with Crippen LogP contribution < -0.4 is 0 Å². The van der Waals surface area contributed by atoms with Crippen LogP contribution in [0.4, 0.5) is 0 Å². The van der Waals surface area contributed by atoms with E-state index in [0.29, 0.717) is 0 Å². The second-order valence-corrected chi connectivity index (χ2v) is 0.610. The van der Waals surface area contributed by atoms with Crippen molar-refractivity contribution < 1.29 is 19.8 Å². The van der Waals surface area contributed by atoms with Gasteiger partial charge in [0.05, 0.1) is 0 Å². The summed E-state index contributed by atoms with van der Waals surface area (Å²) in [5.41, 5.74) is 0. The Morgan fingerprint density at radius 2 is 1.00 bits per heavy atom. The minimum absolute atomic E-state index is 0. The number of rotatable bonds is 0. The Morgan fingerprint density at radius 3 is 1.00 bits per heavy atom. The first-order valence-electron chi connectivity index (χ1n) is 1.11. The average Bonchev–Trinajstić information content (AvgIpc) is 1.36. The predicted octanol–water partition coefficient (Wildman–Crippen LogP) is -2.68. The SMILES string of the molecule is O=C(O)C(=O)O.[CaH2].[CaH2]. The fourth-order valence-corrected chi connectivity index (χ4v) is 0. The molecule has 8 heavy (non-hydrogen) atoms. The van der Waals surface area contributed by atoms with Gasteiger partial charge in [-0.05, 0) is 0 Å². The van der Waals surface area contributed by atoms with Crippen LogP contribution in [-0.4, -0.2) is 97.6 Å². The van der Waals surface area contributed by atoms with Gasteiger partial charge in [0.25, 0.3) is 0 Å². The molecule has 4 nitrogen and oxygen atoms in total. The summed E-state index contributed by atoms with van der Waals surface area (Å²) in [7, 11) is 0. The van der Waals surface area contributed by atoms with Crippen molar-refractivity contribution in [3.05, 3.63) is 0 Å². The van der Waals surface area contributed by atoms with Gasteiger partial charge < -0.3 is 10.2 Å². The Bertz CT molecular complexity index is 78.0. The summed E-state index contributed by atoms with van der Waals surface area (Å²) in [5.74, 6) is -3.65. The van der Waals surface area contributed by atoms with Gasteiger partial charge in [0.1, 0.15) is 0 Å². The molecule has 0 aliphatic carbocycles. The minimum atomic E-state index is -1.82. The van der Waals surface area contributed by atoms with Crippen LogP contribution >= 0.6 is 0 Å². The molecule has 2 N–H and O–H groups in total. The van der Waals surface area contributed by atoms with Gasteiger partial charge in [0.15, 0.2) is 0 Å². The molecule has 0 amide bonds.